The highest BCUT2D eigenvalue weighted by Crippen LogP contribution is 2.11. The lowest BCUT2D eigenvalue weighted by molar-refractivity contribution is -0.141. The Morgan fingerprint density at radius 3 is 2.78 bits per heavy atom. The van der Waals surface area contributed by atoms with Crippen molar-refractivity contribution in [2.24, 2.45) is 5.92 Å². The number of carboxylic acid groups (broad SMARTS) is 1. The third-order valence-corrected chi connectivity index (χ3v) is 2.81. The zero-order chi connectivity index (χ0) is 13.5. The van der Waals surface area contributed by atoms with E-state index in [1.807, 2.05) is 6.07 Å². The van der Waals surface area contributed by atoms with Crippen molar-refractivity contribution in [3.63, 3.8) is 0 Å². The van der Waals surface area contributed by atoms with Crippen LogP contribution >= 0.6 is 11.6 Å². The third kappa shape index (κ3) is 5.19. The first-order chi connectivity index (χ1) is 8.49. The molecule has 0 aromatic heterocycles. The van der Waals surface area contributed by atoms with Gasteiger partial charge >= 0.3 is 5.97 Å². The summed E-state index contributed by atoms with van der Waals surface area (Å²) in [5, 5.41) is 12.0. The summed E-state index contributed by atoms with van der Waals surface area (Å²) >= 11 is 5.81. The molecule has 1 rings (SSSR count). The van der Waals surface area contributed by atoms with Crippen LogP contribution in [0.15, 0.2) is 24.3 Å². The normalized spacial score (nSPS) is 11.9. The molecule has 0 fully saturated rings. The van der Waals surface area contributed by atoms with E-state index in [1.165, 1.54) is 0 Å². The number of aliphatic carboxylic acids is 1. The van der Waals surface area contributed by atoms with Crippen molar-refractivity contribution in [2.45, 2.75) is 19.8 Å². The number of carbonyl (C=O) groups excluding carboxylic acids is 1. The summed E-state index contributed by atoms with van der Waals surface area (Å²) in [7, 11) is 0. The second-order valence-corrected chi connectivity index (χ2v) is 4.62. The van der Waals surface area contributed by atoms with Crippen LogP contribution in [0.5, 0.6) is 0 Å². The van der Waals surface area contributed by atoms with Crippen LogP contribution in [0.4, 0.5) is 0 Å². The lowest BCUT2D eigenvalue weighted by Crippen LogP contribution is -2.28. The van der Waals surface area contributed by atoms with E-state index in [4.69, 9.17) is 16.7 Å². The minimum absolute atomic E-state index is 0.130. The highest BCUT2D eigenvalue weighted by atomic mass is 35.5. The lowest BCUT2D eigenvalue weighted by Gasteiger charge is -2.08. The molecule has 18 heavy (non-hydrogen) atoms. The summed E-state index contributed by atoms with van der Waals surface area (Å²) in [5.41, 5.74) is 0.839. The predicted molar refractivity (Wildman–Crippen MR) is 69.6 cm³/mol. The Labute approximate surface area is 111 Å². The summed E-state index contributed by atoms with van der Waals surface area (Å²) in [4.78, 5) is 22.1. The molecule has 0 aliphatic rings. The molecule has 0 saturated heterocycles. The molecule has 0 aliphatic heterocycles. The number of amides is 1. The maximum absolute atomic E-state index is 11.6. The van der Waals surface area contributed by atoms with Gasteiger partial charge < -0.3 is 10.4 Å². The van der Waals surface area contributed by atoms with E-state index in [0.29, 0.717) is 18.0 Å². The van der Waals surface area contributed by atoms with Crippen molar-refractivity contribution in [2.75, 3.05) is 6.54 Å². The van der Waals surface area contributed by atoms with E-state index >= 15 is 0 Å². The number of hydrogen-bond donors (Lipinski definition) is 2. The Hall–Kier alpha value is -1.55. The highest BCUT2D eigenvalue weighted by molar-refractivity contribution is 6.30. The molecule has 0 bridgehead atoms. The molecule has 1 amide bonds. The minimum atomic E-state index is -0.848. The predicted octanol–water partition coefficient (Wildman–Crippen LogP) is 2.11. The van der Waals surface area contributed by atoms with E-state index in [-0.39, 0.29) is 12.3 Å². The molecule has 1 aromatic carbocycles. The molecule has 5 heteroatoms. The first kappa shape index (κ1) is 14.5. The van der Waals surface area contributed by atoms with E-state index < -0.39 is 11.9 Å². The van der Waals surface area contributed by atoms with Crippen LogP contribution in [0.1, 0.15) is 18.9 Å². The van der Waals surface area contributed by atoms with Crippen molar-refractivity contribution < 1.29 is 14.7 Å². The molecule has 0 spiro atoms. The van der Waals surface area contributed by atoms with E-state index in [0.717, 1.165) is 5.56 Å². The van der Waals surface area contributed by atoms with Crippen LogP contribution in [0.3, 0.4) is 0 Å². The first-order valence-electron chi connectivity index (χ1n) is 5.73. The summed E-state index contributed by atoms with van der Waals surface area (Å²) in [6, 6.07) is 7.10. The first-order valence-corrected chi connectivity index (χ1v) is 6.11. The summed E-state index contributed by atoms with van der Waals surface area (Å²) in [6.07, 6.45) is 0.679. The third-order valence-electron chi connectivity index (χ3n) is 2.57. The fourth-order valence-corrected chi connectivity index (χ4v) is 1.66. The van der Waals surface area contributed by atoms with Crippen LogP contribution in [0.2, 0.25) is 5.02 Å². The van der Waals surface area contributed by atoms with Crippen molar-refractivity contribution in [3.8, 4) is 0 Å². The molecule has 98 valence electrons. The van der Waals surface area contributed by atoms with E-state index in [1.54, 1.807) is 25.1 Å². The van der Waals surface area contributed by atoms with Gasteiger partial charge in [0, 0.05) is 11.6 Å². The van der Waals surface area contributed by atoms with Crippen LogP contribution in [0.25, 0.3) is 0 Å². The van der Waals surface area contributed by atoms with Crippen molar-refractivity contribution >= 4 is 23.5 Å². The van der Waals surface area contributed by atoms with Gasteiger partial charge in [0.05, 0.1) is 12.3 Å². The Kier molecular flexibility index (Phi) is 5.65. The molecular formula is C13H16ClNO3. The zero-order valence-electron chi connectivity index (χ0n) is 10.1. The van der Waals surface area contributed by atoms with Crippen molar-refractivity contribution in [3.05, 3.63) is 34.9 Å². The fourth-order valence-electron chi connectivity index (χ4n) is 1.45. The van der Waals surface area contributed by atoms with E-state index in [2.05, 4.69) is 5.32 Å². The van der Waals surface area contributed by atoms with Gasteiger partial charge in [-0.05, 0) is 24.1 Å². The number of carbonyl (C=O) groups is 2. The van der Waals surface area contributed by atoms with Gasteiger partial charge in [0.2, 0.25) is 5.91 Å². The number of rotatable bonds is 6. The Balaban J connectivity index is 2.32. The number of halogens is 1. The molecule has 0 saturated carbocycles. The largest absolute Gasteiger partial charge is 0.481 e. The zero-order valence-corrected chi connectivity index (χ0v) is 10.9. The Bertz CT molecular complexity index is 434. The number of nitrogens with one attached hydrogen (secondary N) is 1. The van der Waals surface area contributed by atoms with Crippen LogP contribution in [0, 0.1) is 5.92 Å². The average molecular weight is 270 g/mol. The SMILES string of the molecule is CC(CCNC(=O)Cc1cccc(Cl)c1)C(=O)O. The second-order valence-electron chi connectivity index (χ2n) is 4.18. The Morgan fingerprint density at radius 2 is 2.17 bits per heavy atom. The summed E-state index contributed by atoms with van der Waals surface area (Å²) in [5.74, 6) is -1.43. The quantitative estimate of drug-likeness (QED) is 0.831. The molecule has 0 radical (unpaired) electrons. The number of carboxylic acids is 1. The van der Waals surface area contributed by atoms with Gasteiger partial charge in [-0.25, -0.2) is 0 Å². The maximum atomic E-state index is 11.6. The van der Waals surface area contributed by atoms with Gasteiger partial charge in [0.15, 0.2) is 0 Å². The summed E-state index contributed by atoms with van der Waals surface area (Å²) < 4.78 is 0. The number of benzene rings is 1. The second kappa shape index (κ2) is 7.01. The van der Waals surface area contributed by atoms with Gasteiger partial charge in [0.1, 0.15) is 0 Å². The molecule has 0 heterocycles. The summed E-state index contributed by atoms with van der Waals surface area (Å²) in [6.45, 7) is 1.98. The van der Waals surface area contributed by atoms with Gasteiger partial charge in [-0.15, -0.1) is 0 Å². The molecule has 1 aromatic rings. The molecule has 1 unspecified atom stereocenters. The standard InChI is InChI=1S/C13H16ClNO3/c1-9(13(17)18)5-6-15-12(16)8-10-3-2-4-11(14)7-10/h2-4,7,9H,5-6,8H2,1H3,(H,15,16)(H,17,18). The van der Waals surface area contributed by atoms with Crippen LogP contribution in [-0.2, 0) is 16.0 Å². The molecule has 1 atom stereocenters. The van der Waals surface area contributed by atoms with Crippen molar-refractivity contribution in [1.82, 2.24) is 5.32 Å². The molecular weight excluding hydrogens is 254 g/mol. The molecule has 0 aliphatic carbocycles. The molecule has 4 nitrogen and oxygen atoms in total. The van der Waals surface area contributed by atoms with Gasteiger partial charge in [-0.2, -0.15) is 0 Å². The van der Waals surface area contributed by atoms with E-state index in [9.17, 15) is 9.59 Å². The van der Waals surface area contributed by atoms with Gasteiger partial charge in [-0.1, -0.05) is 30.7 Å². The van der Waals surface area contributed by atoms with Crippen LogP contribution < -0.4 is 5.32 Å². The topological polar surface area (TPSA) is 66.4 Å². The average Bonchev–Trinajstić information content (AvgIpc) is 2.28. The lowest BCUT2D eigenvalue weighted by atomic mass is 10.1. The fraction of sp³-hybridized carbons (Fsp3) is 0.385. The maximum Gasteiger partial charge on any atom is 0.306 e. The Morgan fingerprint density at radius 1 is 1.44 bits per heavy atom. The monoisotopic (exact) mass is 269 g/mol. The highest BCUT2D eigenvalue weighted by Gasteiger charge is 2.11. The molecule has 2 N–H and O–H groups in total. The minimum Gasteiger partial charge on any atom is -0.481 e. The van der Waals surface area contributed by atoms with Crippen molar-refractivity contribution in [1.29, 1.82) is 0 Å². The van der Waals surface area contributed by atoms with Gasteiger partial charge in [-0.3, -0.25) is 9.59 Å². The smallest absolute Gasteiger partial charge is 0.306 e. The van der Waals surface area contributed by atoms with Gasteiger partial charge in [0.25, 0.3) is 0 Å². The van der Waals surface area contributed by atoms with Crippen LogP contribution in [-0.4, -0.2) is 23.5 Å². The number of hydrogen-bond acceptors (Lipinski definition) is 2.